The molecule has 1 atom stereocenters. The Morgan fingerprint density at radius 3 is 2.64 bits per heavy atom. The number of rotatable bonds is 6. The number of aromatic nitrogens is 3. The molecule has 1 aliphatic rings. The highest BCUT2D eigenvalue weighted by Crippen LogP contribution is 2.21. The molecular formula is C17H24N4O2S2. The van der Waals surface area contributed by atoms with E-state index in [1.54, 1.807) is 4.68 Å². The van der Waals surface area contributed by atoms with Gasteiger partial charge in [0.1, 0.15) is 0 Å². The SMILES string of the molecule is CCCN(Cn1nc(-c2ccccc2)n(C)c1=S)C1CCS(=O)(=O)C1. The standard InChI is InChI=1S/C17H24N4O2S2/c1-3-10-20(15-9-11-25(22,23)12-15)13-21-17(24)19(2)16(18-21)14-7-5-4-6-8-14/h4-8,15H,3,9-13H2,1-2H3. The van der Waals surface area contributed by atoms with Crippen molar-refractivity contribution in [3.8, 4) is 11.4 Å². The van der Waals surface area contributed by atoms with Crippen LogP contribution in [0.4, 0.5) is 0 Å². The van der Waals surface area contributed by atoms with E-state index >= 15 is 0 Å². The molecule has 0 amide bonds. The molecule has 0 saturated carbocycles. The largest absolute Gasteiger partial charge is 0.303 e. The average Bonchev–Trinajstić information content (AvgIpc) is 3.09. The Bertz CT molecular complexity index is 887. The minimum Gasteiger partial charge on any atom is -0.303 e. The van der Waals surface area contributed by atoms with E-state index in [0.29, 0.717) is 17.9 Å². The monoisotopic (exact) mass is 380 g/mol. The van der Waals surface area contributed by atoms with E-state index in [2.05, 4.69) is 11.8 Å². The molecule has 1 saturated heterocycles. The maximum atomic E-state index is 11.8. The van der Waals surface area contributed by atoms with Crippen LogP contribution in [0.1, 0.15) is 19.8 Å². The number of sulfone groups is 1. The van der Waals surface area contributed by atoms with Gasteiger partial charge in [-0.3, -0.25) is 4.90 Å². The van der Waals surface area contributed by atoms with E-state index in [1.807, 2.05) is 41.9 Å². The fourth-order valence-electron chi connectivity index (χ4n) is 3.31. The Hall–Kier alpha value is -1.51. The maximum absolute atomic E-state index is 11.8. The summed E-state index contributed by atoms with van der Waals surface area (Å²) in [6.45, 7) is 3.45. The van der Waals surface area contributed by atoms with Crippen molar-refractivity contribution in [2.75, 3.05) is 18.1 Å². The van der Waals surface area contributed by atoms with Crippen molar-refractivity contribution in [3.05, 3.63) is 35.1 Å². The first-order chi connectivity index (χ1) is 11.9. The first-order valence-electron chi connectivity index (χ1n) is 8.55. The molecule has 136 valence electrons. The molecule has 1 aromatic carbocycles. The van der Waals surface area contributed by atoms with E-state index in [9.17, 15) is 8.42 Å². The predicted molar refractivity (Wildman–Crippen MR) is 102 cm³/mol. The van der Waals surface area contributed by atoms with Gasteiger partial charge in [0, 0.05) is 18.7 Å². The van der Waals surface area contributed by atoms with Gasteiger partial charge in [-0.15, -0.1) is 0 Å². The van der Waals surface area contributed by atoms with Crippen LogP contribution < -0.4 is 0 Å². The van der Waals surface area contributed by atoms with Crippen molar-refractivity contribution in [1.29, 1.82) is 0 Å². The second-order valence-corrected chi connectivity index (χ2v) is 9.14. The number of benzene rings is 1. The molecule has 0 aliphatic carbocycles. The molecule has 1 unspecified atom stereocenters. The summed E-state index contributed by atoms with van der Waals surface area (Å²) in [6.07, 6.45) is 1.65. The van der Waals surface area contributed by atoms with Crippen LogP contribution in [0, 0.1) is 4.77 Å². The third kappa shape index (κ3) is 4.02. The maximum Gasteiger partial charge on any atom is 0.199 e. The number of nitrogens with zero attached hydrogens (tertiary/aromatic N) is 4. The summed E-state index contributed by atoms with van der Waals surface area (Å²) in [7, 11) is -0.995. The molecule has 1 aliphatic heterocycles. The van der Waals surface area contributed by atoms with Gasteiger partial charge >= 0.3 is 0 Å². The lowest BCUT2D eigenvalue weighted by Gasteiger charge is -2.27. The van der Waals surface area contributed by atoms with Gasteiger partial charge in [-0.25, -0.2) is 13.1 Å². The van der Waals surface area contributed by atoms with E-state index in [1.165, 1.54) is 0 Å². The zero-order chi connectivity index (χ0) is 18.0. The normalized spacial score (nSPS) is 19.6. The summed E-state index contributed by atoms with van der Waals surface area (Å²) in [5, 5.41) is 4.69. The van der Waals surface area contributed by atoms with E-state index < -0.39 is 9.84 Å². The van der Waals surface area contributed by atoms with Gasteiger partial charge in [0.25, 0.3) is 0 Å². The molecule has 1 aromatic heterocycles. The van der Waals surface area contributed by atoms with Crippen LogP contribution >= 0.6 is 12.2 Å². The molecule has 0 N–H and O–H groups in total. The first-order valence-corrected chi connectivity index (χ1v) is 10.8. The average molecular weight is 381 g/mol. The highest BCUT2D eigenvalue weighted by Gasteiger charge is 2.32. The highest BCUT2D eigenvalue weighted by molar-refractivity contribution is 7.91. The van der Waals surface area contributed by atoms with Crippen molar-refractivity contribution < 1.29 is 8.42 Å². The van der Waals surface area contributed by atoms with Gasteiger partial charge in [0.15, 0.2) is 20.4 Å². The van der Waals surface area contributed by atoms with E-state index in [-0.39, 0.29) is 17.5 Å². The lowest BCUT2D eigenvalue weighted by Crippen LogP contribution is -2.38. The molecule has 0 spiro atoms. The van der Waals surface area contributed by atoms with E-state index in [4.69, 9.17) is 17.3 Å². The summed E-state index contributed by atoms with van der Waals surface area (Å²) in [4.78, 5) is 2.20. The molecule has 2 aromatic rings. The van der Waals surface area contributed by atoms with E-state index in [0.717, 1.165) is 24.4 Å². The van der Waals surface area contributed by atoms with Crippen molar-refractivity contribution in [2.24, 2.45) is 7.05 Å². The predicted octanol–water partition coefficient (Wildman–Crippen LogP) is 2.47. The van der Waals surface area contributed by atoms with Crippen LogP contribution in [0.2, 0.25) is 0 Å². The molecule has 1 fully saturated rings. The lowest BCUT2D eigenvalue weighted by molar-refractivity contribution is 0.155. The molecule has 0 radical (unpaired) electrons. The molecule has 25 heavy (non-hydrogen) atoms. The zero-order valence-electron chi connectivity index (χ0n) is 14.6. The van der Waals surface area contributed by atoms with Crippen LogP contribution in [0.3, 0.4) is 0 Å². The summed E-state index contributed by atoms with van der Waals surface area (Å²) in [5.74, 6) is 1.33. The van der Waals surface area contributed by atoms with Gasteiger partial charge in [-0.1, -0.05) is 37.3 Å². The first kappa shape index (κ1) is 18.3. The lowest BCUT2D eigenvalue weighted by atomic mass is 10.2. The minimum atomic E-state index is -2.91. The van der Waals surface area contributed by atoms with Gasteiger partial charge < -0.3 is 4.57 Å². The van der Waals surface area contributed by atoms with Crippen LogP contribution in [0.15, 0.2) is 30.3 Å². The van der Waals surface area contributed by atoms with Crippen LogP contribution in [-0.4, -0.2) is 51.8 Å². The Kier molecular flexibility index (Phi) is 5.41. The molecule has 8 heteroatoms. The van der Waals surface area contributed by atoms with Crippen molar-refractivity contribution in [3.63, 3.8) is 0 Å². The van der Waals surface area contributed by atoms with Crippen molar-refractivity contribution >= 4 is 22.1 Å². The second-order valence-electron chi connectivity index (χ2n) is 6.54. The summed E-state index contributed by atoms with van der Waals surface area (Å²) >= 11 is 5.55. The smallest absolute Gasteiger partial charge is 0.199 e. The Morgan fingerprint density at radius 1 is 1.32 bits per heavy atom. The fraction of sp³-hybridized carbons (Fsp3) is 0.529. The van der Waals surface area contributed by atoms with Gasteiger partial charge in [0.2, 0.25) is 0 Å². The Balaban J connectivity index is 1.87. The summed E-state index contributed by atoms with van der Waals surface area (Å²) < 4.78 is 28.0. The topological polar surface area (TPSA) is 60.1 Å². The van der Waals surface area contributed by atoms with Gasteiger partial charge in [-0.2, -0.15) is 5.10 Å². The molecular weight excluding hydrogens is 356 g/mol. The van der Waals surface area contributed by atoms with Gasteiger partial charge in [-0.05, 0) is 31.6 Å². The fourth-order valence-corrected chi connectivity index (χ4v) is 5.26. The van der Waals surface area contributed by atoms with Crippen LogP contribution in [0.5, 0.6) is 0 Å². The number of hydrogen-bond acceptors (Lipinski definition) is 5. The van der Waals surface area contributed by atoms with Gasteiger partial charge in [0.05, 0.1) is 18.2 Å². The van der Waals surface area contributed by atoms with Crippen LogP contribution in [-0.2, 0) is 23.6 Å². The minimum absolute atomic E-state index is 0.0500. The zero-order valence-corrected chi connectivity index (χ0v) is 16.3. The third-order valence-electron chi connectivity index (χ3n) is 4.62. The summed E-state index contributed by atoms with van der Waals surface area (Å²) in [6, 6.07) is 9.99. The molecule has 6 nitrogen and oxygen atoms in total. The molecule has 2 heterocycles. The quantitative estimate of drug-likeness (QED) is 0.721. The Labute approximate surface area is 154 Å². The summed E-state index contributed by atoms with van der Waals surface area (Å²) in [5.41, 5.74) is 1.01. The number of hydrogen-bond donors (Lipinski definition) is 0. The van der Waals surface area contributed by atoms with Crippen molar-refractivity contribution in [2.45, 2.75) is 32.5 Å². The van der Waals surface area contributed by atoms with Crippen molar-refractivity contribution in [1.82, 2.24) is 19.2 Å². The Morgan fingerprint density at radius 2 is 2.04 bits per heavy atom. The van der Waals surface area contributed by atoms with Crippen LogP contribution in [0.25, 0.3) is 11.4 Å². The second kappa shape index (κ2) is 7.39. The molecule has 0 bridgehead atoms. The molecule has 3 rings (SSSR count). The third-order valence-corrected chi connectivity index (χ3v) is 6.86. The highest BCUT2D eigenvalue weighted by atomic mass is 32.2.